The lowest BCUT2D eigenvalue weighted by atomic mass is 10.1. The number of aromatic nitrogens is 2. The van der Waals surface area contributed by atoms with E-state index in [1.54, 1.807) is 7.11 Å². The molecule has 0 fully saturated rings. The van der Waals surface area contributed by atoms with E-state index in [0.29, 0.717) is 25.6 Å². The molecule has 6 nitrogen and oxygen atoms in total. The zero-order valence-electron chi connectivity index (χ0n) is 12.4. The highest BCUT2D eigenvalue weighted by molar-refractivity contribution is 5.47. The van der Waals surface area contributed by atoms with Crippen molar-refractivity contribution in [3.8, 4) is 0 Å². The van der Waals surface area contributed by atoms with Crippen molar-refractivity contribution in [1.29, 1.82) is 0 Å². The Labute approximate surface area is 114 Å². The minimum absolute atomic E-state index is 0.235. The van der Waals surface area contributed by atoms with Crippen LogP contribution in [0.5, 0.6) is 0 Å². The van der Waals surface area contributed by atoms with Crippen LogP contribution >= 0.6 is 0 Å². The average Bonchev–Trinajstić information content (AvgIpc) is 2.36. The topological polar surface area (TPSA) is 68.3 Å². The summed E-state index contributed by atoms with van der Waals surface area (Å²) < 4.78 is 10.7. The van der Waals surface area contributed by atoms with Crippen molar-refractivity contribution in [2.45, 2.75) is 33.0 Å². The van der Waals surface area contributed by atoms with E-state index >= 15 is 0 Å². The third-order valence-electron chi connectivity index (χ3n) is 2.53. The molecular weight excluding hydrogens is 244 g/mol. The molecule has 1 heterocycles. The fraction of sp³-hybridized carbons (Fsp3) is 0.692. The zero-order chi connectivity index (χ0) is 14.3. The Morgan fingerprint density at radius 2 is 1.95 bits per heavy atom. The van der Waals surface area contributed by atoms with Crippen molar-refractivity contribution in [3.05, 3.63) is 11.9 Å². The Hall–Kier alpha value is -1.40. The second-order valence-electron chi connectivity index (χ2n) is 4.78. The molecular formula is C13H24N4O2. The van der Waals surface area contributed by atoms with Gasteiger partial charge in [-0.2, -0.15) is 0 Å². The van der Waals surface area contributed by atoms with Gasteiger partial charge >= 0.3 is 0 Å². The van der Waals surface area contributed by atoms with Gasteiger partial charge < -0.3 is 20.1 Å². The number of hydrogen-bond acceptors (Lipinski definition) is 6. The first kappa shape index (κ1) is 15.7. The number of nitrogens with zero attached hydrogens (tertiary/aromatic N) is 2. The molecule has 2 N–H and O–H groups in total. The van der Waals surface area contributed by atoms with E-state index < -0.39 is 0 Å². The third kappa shape index (κ3) is 5.40. The molecule has 1 aromatic heterocycles. The summed E-state index contributed by atoms with van der Waals surface area (Å²) in [5, 5.41) is 6.28. The van der Waals surface area contributed by atoms with Gasteiger partial charge in [0.1, 0.15) is 18.2 Å². The van der Waals surface area contributed by atoms with Gasteiger partial charge in [-0.3, -0.25) is 0 Å². The molecule has 108 valence electrons. The summed E-state index contributed by atoms with van der Waals surface area (Å²) in [6.07, 6.45) is 0. The predicted octanol–water partition coefficient (Wildman–Crippen LogP) is 1.89. The van der Waals surface area contributed by atoms with E-state index in [1.807, 2.05) is 33.9 Å². The van der Waals surface area contributed by atoms with Gasteiger partial charge in [-0.1, -0.05) is 0 Å². The summed E-state index contributed by atoms with van der Waals surface area (Å²) in [6.45, 7) is 7.82. The molecule has 0 bridgehead atoms. The van der Waals surface area contributed by atoms with Gasteiger partial charge in [-0.25, -0.2) is 9.97 Å². The second-order valence-corrected chi connectivity index (χ2v) is 4.78. The van der Waals surface area contributed by atoms with Crippen molar-refractivity contribution >= 4 is 11.6 Å². The maximum Gasteiger partial charge on any atom is 0.158 e. The molecule has 0 amide bonds. The van der Waals surface area contributed by atoms with E-state index in [0.717, 1.165) is 11.6 Å². The highest BCUT2D eigenvalue weighted by Gasteiger charge is 2.17. The summed E-state index contributed by atoms with van der Waals surface area (Å²) in [7, 11) is 3.45. The van der Waals surface area contributed by atoms with Crippen LogP contribution < -0.4 is 10.6 Å². The number of hydrogen-bond donors (Lipinski definition) is 2. The highest BCUT2D eigenvalue weighted by Crippen LogP contribution is 2.14. The lowest BCUT2D eigenvalue weighted by Gasteiger charge is -2.25. The Balaban J connectivity index is 2.74. The molecule has 1 rings (SSSR count). The molecule has 0 aromatic carbocycles. The largest absolute Gasteiger partial charge is 0.377 e. The van der Waals surface area contributed by atoms with Crippen molar-refractivity contribution < 1.29 is 9.47 Å². The van der Waals surface area contributed by atoms with Gasteiger partial charge in [0.15, 0.2) is 5.82 Å². The van der Waals surface area contributed by atoms with Crippen LogP contribution in [0.25, 0.3) is 0 Å². The Morgan fingerprint density at radius 3 is 2.53 bits per heavy atom. The number of ether oxygens (including phenoxy) is 2. The molecule has 0 aliphatic carbocycles. The number of anilines is 2. The molecule has 1 aromatic rings. The highest BCUT2D eigenvalue weighted by atomic mass is 16.5. The van der Waals surface area contributed by atoms with Crippen molar-refractivity contribution in [1.82, 2.24) is 9.97 Å². The second kappa shape index (κ2) is 7.25. The fourth-order valence-electron chi connectivity index (χ4n) is 1.65. The van der Waals surface area contributed by atoms with Gasteiger partial charge in [0.25, 0.3) is 0 Å². The lowest BCUT2D eigenvalue weighted by Crippen LogP contribution is -2.33. The van der Waals surface area contributed by atoms with Crippen LogP contribution in [0.4, 0.5) is 11.6 Å². The Morgan fingerprint density at radius 1 is 1.26 bits per heavy atom. The Bertz CT molecular complexity index is 396. The van der Waals surface area contributed by atoms with E-state index in [9.17, 15) is 0 Å². The van der Waals surface area contributed by atoms with E-state index in [4.69, 9.17) is 9.47 Å². The first-order valence-electron chi connectivity index (χ1n) is 6.43. The molecule has 0 radical (unpaired) electrons. The quantitative estimate of drug-likeness (QED) is 0.750. The summed E-state index contributed by atoms with van der Waals surface area (Å²) in [5.74, 6) is 2.17. The predicted molar refractivity (Wildman–Crippen MR) is 76.5 cm³/mol. The van der Waals surface area contributed by atoms with Crippen LogP contribution in [0, 0.1) is 0 Å². The molecule has 0 saturated heterocycles. The first-order valence-corrected chi connectivity index (χ1v) is 6.43. The van der Waals surface area contributed by atoms with Crippen molar-refractivity contribution in [2.75, 3.05) is 37.9 Å². The minimum atomic E-state index is -0.235. The monoisotopic (exact) mass is 268 g/mol. The zero-order valence-corrected chi connectivity index (χ0v) is 12.4. The SMILES string of the molecule is CCOC(C)(C)CNc1cc(NC)nc(COC)n1. The fourth-order valence-corrected chi connectivity index (χ4v) is 1.65. The van der Waals surface area contributed by atoms with Crippen molar-refractivity contribution in [2.24, 2.45) is 0 Å². The smallest absolute Gasteiger partial charge is 0.158 e. The summed E-state index contributed by atoms with van der Waals surface area (Å²) in [4.78, 5) is 8.70. The molecule has 0 atom stereocenters. The van der Waals surface area contributed by atoms with Gasteiger partial charge in [-0.15, -0.1) is 0 Å². The molecule has 0 aliphatic rings. The van der Waals surface area contributed by atoms with Gasteiger partial charge in [0.2, 0.25) is 0 Å². The van der Waals surface area contributed by atoms with Gasteiger partial charge in [0, 0.05) is 33.4 Å². The Kier molecular flexibility index (Phi) is 5.98. The van der Waals surface area contributed by atoms with Crippen LogP contribution in [0.15, 0.2) is 6.07 Å². The van der Waals surface area contributed by atoms with Gasteiger partial charge in [-0.05, 0) is 20.8 Å². The minimum Gasteiger partial charge on any atom is -0.377 e. The van der Waals surface area contributed by atoms with Crippen molar-refractivity contribution in [3.63, 3.8) is 0 Å². The molecule has 0 unspecified atom stereocenters. The van der Waals surface area contributed by atoms with Crippen LogP contribution in [0.3, 0.4) is 0 Å². The molecule has 0 saturated carbocycles. The maximum atomic E-state index is 5.64. The standard InChI is InChI=1S/C13H24N4O2/c1-6-19-13(2,3)9-15-11-7-10(14-4)16-12(17-11)8-18-5/h7H,6,8-9H2,1-5H3,(H2,14,15,16,17). The molecule has 6 heteroatoms. The molecule has 19 heavy (non-hydrogen) atoms. The third-order valence-corrected chi connectivity index (χ3v) is 2.53. The summed E-state index contributed by atoms with van der Waals surface area (Å²) >= 11 is 0. The van der Waals surface area contributed by atoms with E-state index in [1.165, 1.54) is 0 Å². The number of methoxy groups -OCH3 is 1. The number of nitrogens with one attached hydrogen (secondary N) is 2. The van der Waals surface area contributed by atoms with E-state index in [2.05, 4.69) is 20.6 Å². The van der Waals surface area contributed by atoms with Crippen LogP contribution in [-0.4, -0.2) is 42.9 Å². The van der Waals surface area contributed by atoms with Crippen LogP contribution in [0.2, 0.25) is 0 Å². The van der Waals surface area contributed by atoms with Gasteiger partial charge in [0.05, 0.1) is 5.60 Å². The lowest BCUT2D eigenvalue weighted by molar-refractivity contribution is 0.000634. The maximum absolute atomic E-state index is 5.64. The average molecular weight is 268 g/mol. The van der Waals surface area contributed by atoms with E-state index in [-0.39, 0.29) is 5.60 Å². The first-order chi connectivity index (χ1) is 9.00. The summed E-state index contributed by atoms with van der Waals surface area (Å²) in [6, 6.07) is 1.86. The van der Waals surface area contributed by atoms with Crippen LogP contribution in [-0.2, 0) is 16.1 Å². The molecule has 0 spiro atoms. The van der Waals surface area contributed by atoms with Crippen LogP contribution in [0.1, 0.15) is 26.6 Å². The normalized spacial score (nSPS) is 11.4. The number of rotatable bonds is 8. The molecule has 0 aliphatic heterocycles. The summed E-state index contributed by atoms with van der Waals surface area (Å²) in [5.41, 5.74) is -0.235.